The van der Waals surface area contributed by atoms with Gasteiger partial charge in [0.1, 0.15) is 5.82 Å². The minimum absolute atomic E-state index is 0.0404. The van der Waals surface area contributed by atoms with Gasteiger partial charge in [0.05, 0.1) is 24.1 Å². The Balaban J connectivity index is 1.86. The number of nitrogens with one attached hydrogen (secondary N) is 1. The Morgan fingerprint density at radius 2 is 2.00 bits per heavy atom. The third-order valence-electron chi connectivity index (χ3n) is 3.79. The molecule has 6 nitrogen and oxygen atoms in total. The number of hydrogen-bond acceptors (Lipinski definition) is 5. The molecule has 0 unspecified atom stereocenters. The molecule has 118 valence electrons. The van der Waals surface area contributed by atoms with Gasteiger partial charge in [-0.3, -0.25) is 4.68 Å². The molecular formula is C16H17FN6. The Labute approximate surface area is 133 Å². The normalized spacial score (nSPS) is 12.2. The number of anilines is 1. The molecule has 0 aliphatic carbocycles. The van der Waals surface area contributed by atoms with E-state index in [0.717, 1.165) is 11.3 Å². The van der Waals surface area contributed by atoms with Crippen molar-refractivity contribution in [2.75, 3.05) is 5.32 Å². The van der Waals surface area contributed by atoms with Gasteiger partial charge >= 0.3 is 0 Å². The molecule has 3 rings (SSSR count). The summed E-state index contributed by atoms with van der Waals surface area (Å²) in [5.74, 6) is 0.0107. The quantitative estimate of drug-likeness (QED) is 0.802. The monoisotopic (exact) mass is 312 g/mol. The van der Waals surface area contributed by atoms with Crippen LogP contribution in [0.1, 0.15) is 24.2 Å². The van der Waals surface area contributed by atoms with Crippen LogP contribution in [0, 0.1) is 12.7 Å². The van der Waals surface area contributed by atoms with E-state index in [0.29, 0.717) is 17.2 Å². The molecule has 23 heavy (non-hydrogen) atoms. The molecule has 3 aromatic rings. The predicted molar refractivity (Wildman–Crippen MR) is 85.2 cm³/mol. The summed E-state index contributed by atoms with van der Waals surface area (Å²) in [5.41, 5.74) is 2.95. The number of rotatable bonds is 4. The molecule has 0 fully saturated rings. The highest BCUT2D eigenvalue weighted by atomic mass is 19.1. The van der Waals surface area contributed by atoms with Crippen molar-refractivity contribution < 1.29 is 4.39 Å². The molecular weight excluding hydrogens is 295 g/mol. The van der Waals surface area contributed by atoms with Crippen molar-refractivity contribution in [3.8, 4) is 11.3 Å². The van der Waals surface area contributed by atoms with Crippen LogP contribution < -0.4 is 5.32 Å². The second kappa shape index (κ2) is 6.12. The molecule has 0 bridgehead atoms. The first kappa shape index (κ1) is 15.1. The topological polar surface area (TPSA) is 68.5 Å². The van der Waals surface area contributed by atoms with Crippen molar-refractivity contribution in [2.45, 2.75) is 19.9 Å². The zero-order valence-corrected chi connectivity index (χ0v) is 13.2. The van der Waals surface area contributed by atoms with Crippen LogP contribution in [0.3, 0.4) is 0 Å². The van der Waals surface area contributed by atoms with Crippen LogP contribution in [0.25, 0.3) is 11.3 Å². The molecule has 0 saturated carbocycles. The minimum atomic E-state index is -0.338. The van der Waals surface area contributed by atoms with E-state index >= 15 is 0 Å². The summed E-state index contributed by atoms with van der Waals surface area (Å²) in [4.78, 5) is 4.35. The molecule has 0 radical (unpaired) electrons. The summed E-state index contributed by atoms with van der Waals surface area (Å²) in [6.07, 6.45) is 3.25. The summed E-state index contributed by atoms with van der Waals surface area (Å²) in [6, 6.07) is 6.42. The standard InChI is InChI=1S/C16H17FN6/c1-10(13-8-19-23(3)11(13)2)20-16-21-15(9-18-22-16)12-6-4-5-7-14(12)17/h4-10H,1-3H3,(H,20,21,22)/t10-/m1/s1. The molecule has 0 spiro atoms. The van der Waals surface area contributed by atoms with Crippen LogP contribution in [0.2, 0.25) is 0 Å². The Morgan fingerprint density at radius 3 is 2.70 bits per heavy atom. The maximum atomic E-state index is 13.9. The minimum Gasteiger partial charge on any atom is -0.346 e. The molecule has 1 aromatic carbocycles. The summed E-state index contributed by atoms with van der Waals surface area (Å²) in [5, 5.41) is 15.3. The molecule has 1 atom stereocenters. The summed E-state index contributed by atoms with van der Waals surface area (Å²) < 4.78 is 15.7. The van der Waals surface area contributed by atoms with Gasteiger partial charge in [-0.2, -0.15) is 10.2 Å². The van der Waals surface area contributed by atoms with E-state index in [4.69, 9.17) is 0 Å². The zero-order valence-electron chi connectivity index (χ0n) is 13.2. The van der Waals surface area contributed by atoms with Gasteiger partial charge < -0.3 is 5.32 Å². The average molecular weight is 312 g/mol. The van der Waals surface area contributed by atoms with Gasteiger partial charge in [-0.05, 0) is 26.0 Å². The highest BCUT2D eigenvalue weighted by Gasteiger charge is 2.14. The lowest BCUT2D eigenvalue weighted by molar-refractivity contribution is 0.630. The van der Waals surface area contributed by atoms with Gasteiger partial charge in [0.25, 0.3) is 0 Å². The van der Waals surface area contributed by atoms with Crippen LogP contribution >= 0.6 is 0 Å². The van der Waals surface area contributed by atoms with E-state index in [-0.39, 0.29) is 11.9 Å². The van der Waals surface area contributed by atoms with E-state index in [2.05, 4.69) is 25.6 Å². The van der Waals surface area contributed by atoms with Crippen LogP contribution in [0.5, 0.6) is 0 Å². The summed E-state index contributed by atoms with van der Waals surface area (Å²) in [7, 11) is 1.89. The SMILES string of the molecule is Cc1c([C@@H](C)Nc2nncc(-c3ccccc3F)n2)cnn1C. The maximum absolute atomic E-state index is 13.9. The first-order valence-electron chi connectivity index (χ1n) is 7.26. The lowest BCUT2D eigenvalue weighted by Gasteiger charge is -2.13. The highest BCUT2D eigenvalue weighted by Crippen LogP contribution is 2.22. The maximum Gasteiger partial charge on any atom is 0.243 e. The number of halogens is 1. The second-order valence-electron chi connectivity index (χ2n) is 5.32. The average Bonchev–Trinajstić information content (AvgIpc) is 2.88. The molecule has 0 aliphatic rings. The van der Waals surface area contributed by atoms with Crippen molar-refractivity contribution in [1.29, 1.82) is 0 Å². The van der Waals surface area contributed by atoms with Gasteiger partial charge in [0.15, 0.2) is 0 Å². The Hall–Kier alpha value is -2.83. The third-order valence-corrected chi connectivity index (χ3v) is 3.79. The van der Waals surface area contributed by atoms with E-state index in [9.17, 15) is 4.39 Å². The highest BCUT2D eigenvalue weighted by molar-refractivity contribution is 5.59. The number of aryl methyl sites for hydroxylation is 1. The van der Waals surface area contributed by atoms with E-state index < -0.39 is 0 Å². The molecule has 0 aliphatic heterocycles. The fraction of sp³-hybridized carbons (Fsp3) is 0.250. The van der Waals surface area contributed by atoms with Crippen molar-refractivity contribution in [3.63, 3.8) is 0 Å². The lowest BCUT2D eigenvalue weighted by atomic mass is 10.1. The van der Waals surface area contributed by atoms with Crippen LogP contribution in [-0.4, -0.2) is 25.0 Å². The van der Waals surface area contributed by atoms with Crippen molar-refractivity contribution in [3.05, 3.63) is 53.7 Å². The second-order valence-corrected chi connectivity index (χ2v) is 5.32. The van der Waals surface area contributed by atoms with E-state index in [1.165, 1.54) is 12.3 Å². The number of nitrogens with zero attached hydrogens (tertiary/aromatic N) is 5. The van der Waals surface area contributed by atoms with Crippen LogP contribution in [0.15, 0.2) is 36.7 Å². The predicted octanol–water partition coefficient (Wildman–Crippen LogP) is 2.89. The Kier molecular flexibility index (Phi) is 4.01. The first-order valence-corrected chi connectivity index (χ1v) is 7.26. The largest absolute Gasteiger partial charge is 0.346 e. The van der Waals surface area contributed by atoms with Crippen LogP contribution in [0.4, 0.5) is 10.3 Å². The Bertz CT molecular complexity index is 829. The number of benzene rings is 1. The molecule has 7 heteroatoms. The smallest absolute Gasteiger partial charge is 0.243 e. The summed E-state index contributed by atoms with van der Waals surface area (Å²) in [6.45, 7) is 3.98. The summed E-state index contributed by atoms with van der Waals surface area (Å²) >= 11 is 0. The van der Waals surface area contributed by atoms with Gasteiger partial charge in [0, 0.05) is 23.9 Å². The molecule has 1 N–H and O–H groups in total. The van der Waals surface area contributed by atoms with Crippen molar-refractivity contribution >= 4 is 5.95 Å². The Morgan fingerprint density at radius 1 is 1.22 bits per heavy atom. The zero-order chi connectivity index (χ0) is 16.4. The van der Waals surface area contributed by atoms with Gasteiger partial charge in [-0.1, -0.05) is 12.1 Å². The molecule has 2 heterocycles. The van der Waals surface area contributed by atoms with E-state index in [1.807, 2.05) is 25.6 Å². The first-order chi connectivity index (χ1) is 11.1. The molecule has 2 aromatic heterocycles. The third kappa shape index (κ3) is 3.03. The number of hydrogen-bond donors (Lipinski definition) is 1. The van der Waals surface area contributed by atoms with Crippen molar-refractivity contribution in [1.82, 2.24) is 25.0 Å². The van der Waals surface area contributed by atoms with Gasteiger partial charge in [-0.15, -0.1) is 5.10 Å². The van der Waals surface area contributed by atoms with Gasteiger partial charge in [0.2, 0.25) is 5.95 Å². The van der Waals surface area contributed by atoms with E-state index in [1.54, 1.807) is 24.4 Å². The fourth-order valence-corrected chi connectivity index (χ4v) is 2.38. The van der Waals surface area contributed by atoms with Crippen molar-refractivity contribution in [2.24, 2.45) is 7.05 Å². The molecule has 0 amide bonds. The fourth-order valence-electron chi connectivity index (χ4n) is 2.38. The van der Waals surface area contributed by atoms with Gasteiger partial charge in [-0.25, -0.2) is 9.37 Å². The number of aromatic nitrogens is 5. The van der Waals surface area contributed by atoms with Crippen LogP contribution in [-0.2, 0) is 7.05 Å². The molecule has 0 saturated heterocycles. The lowest BCUT2D eigenvalue weighted by Crippen LogP contribution is -2.11.